The van der Waals surface area contributed by atoms with E-state index in [-0.39, 0.29) is 12.0 Å². The first-order valence-electron chi connectivity index (χ1n) is 11.4. The highest BCUT2D eigenvalue weighted by molar-refractivity contribution is 5.84. The van der Waals surface area contributed by atoms with E-state index in [0.717, 1.165) is 75.9 Å². The molecule has 1 saturated carbocycles. The molecule has 8 heteroatoms. The number of hydrogen-bond acceptors (Lipinski definition) is 4. The van der Waals surface area contributed by atoms with Gasteiger partial charge in [0.05, 0.1) is 23.4 Å². The van der Waals surface area contributed by atoms with Crippen molar-refractivity contribution in [1.82, 2.24) is 15.1 Å². The van der Waals surface area contributed by atoms with Gasteiger partial charge in [0.2, 0.25) is 0 Å². The number of allylic oxidation sites excluding steroid dienone is 2. The van der Waals surface area contributed by atoms with E-state index in [1.165, 1.54) is 17.3 Å². The van der Waals surface area contributed by atoms with Crippen LogP contribution < -0.4 is 5.32 Å². The molecule has 6 rings (SSSR count). The molecule has 4 heterocycles. The van der Waals surface area contributed by atoms with Crippen LogP contribution in [0.3, 0.4) is 0 Å². The van der Waals surface area contributed by atoms with Crippen LogP contribution in [0.1, 0.15) is 48.7 Å². The van der Waals surface area contributed by atoms with Crippen molar-refractivity contribution in [3.05, 3.63) is 34.7 Å². The zero-order chi connectivity index (χ0) is 21.2. The predicted octanol–water partition coefficient (Wildman–Crippen LogP) is 3.86. The summed E-state index contributed by atoms with van der Waals surface area (Å²) in [6.07, 6.45) is 5.02. The summed E-state index contributed by atoms with van der Waals surface area (Å²) in [6, 6.07) is 0.172. The fourth-order valence-electron chi connectivity index (χ4n) is 5.76. The van der Waals surface area contributed by atoms with Gasteiger partial charge in [-0.3, -0.25) is 9.67 Å². The lowest BCUT2D eigenvalue weighted by atomic mass is 9.83. The monoisotopic (exact) mass is 432 g/mol. The summed E-state index contributed by atoms with van der Waals surface area (Å²) in [7, 11) is 0. The predicted molar refractivity (Wildman–Crippen MR) is 111 cm³/mol. The average molecular weight is 432 g/mol. The molecule has 0 amide bonds. The van der Waals surface area contributed by atoms with Crippen molar-refractivity contribution in [3.8, 4) is 0 Å². The number of nitrogens with one attached hydrogen (secondary N) is 1. The second-order valence-corrected chi connectivity index (χ2v) is 9.50. The minimum atomic E-state index is -4.38. The molecule has 5 nitrogen and oxygen atoms in total. The lowest BCUT2D eigenvalue weighted by Gasteiger charge is -2.27. The third kappa shape index (κ3) is 3.48. The summed E-state index contributed by atoms with van der Waals surface area (Å²) in [5, 5.41) is 8.55. The lowest BCUT2D eigenvalue weighted by molar-refractivity contribution is -0.0862. The molecule has 166 valence electrons. The molecule has 4 atom stereocenters. The Morgan fingerprint density at radius 3 is 2.77 bits per heavy atom. The van der Waals surface area contributed by atoms with Gasteiger partial charge in [-0.25, -0.2) is 0 Å². The Morgan fingerprint density at radius 1 is 1.13 bits per heavy atom. The van der Waals surface area contributed by atoms with Crippen LogP contribution in [0.25, 0.3) is 5.57 Å². The highest BCUT2D eigenvalue weighted by atomic mass is 19.4. The SMILES string of the molecule is FC(F)(F)C1=CC2C(c3nn(C4CCOCC4)c4c3CNCC4)=CC3CC3CC2N=C1. The molecular formula is C23H27F3N4O. The fourth-order valence-corrected chi connectivity index (χ4v) is 5.76. The van der Waals surface area contributed by atoms with Crippen LogP contribution in [-0.2, 0) is 17.7 Å². The summed E-state index contributed by atoms with van der Waals surface area (Å²) in [6.45, 7) is 3.09. The van der Waals surface area contributed by atoms with Gasteiger partial charge in [-0.05, 0) is 43.1 Å². The number of halogens is 3. The largest absolute Gasteiger partial charge is 0.417 e. The Kier molecular flexibility index (Phi) is 4.65. The summed E-state index contributed by atoms with van der Waals surface area (Å²) in [5.41, 5.74) is 3.63. The second kappa shape index (κ2) is 7.30. The Hall–Kier alpha value is -1.93. The van der Waals surface area contributed by atoms with Gasteiger partial charge in [0.25, 0.3) is 0 Å². The number of ether oxygens (including phenoxy) is 1. The van der Waals surface area contributed by atoms with E-state index >= 15 is 0 Å². The van der Waals surface area contributed by atoms with Crippen LogP contribution in [0.15, 0.2) is 22.7 Å². The average Bonchev–Trinajstić information content (AvgIpc) is 3.42. The fraction of sp³-hybridized carbons (Fsp3) is 0.652. The standard InChI is InChI=1S/C23H27F3N4O/c24-23(25,26)15-10-17-18(8-13-7-14(13)9-20(17)28-11-15)22-19-12-27-4-1-21(19)30(29-22)16-2-5-31-6-3-16/h8,10-11,13-14,16-17,20,27H,1-7,9,12H2. The van der Waals surface area contributed by atoms with Gasteiger partial charge in [0.1, 0.15) is 0 Å². The first-order valence-corrected chi connectivity index (χ1v) is 11.4. The van der Waals surface area contributed by atoms with E-state index < -0.39 is 11.7 Å². The van der Waals surface area contributed by atoms with E-state index in [1.807, 2.05) is 0 Å². The molecule has 1 aromatic heterocycles. The Labute approximate surface area is 179 Å². The molecule has 1 aromatic rings. The molecule has 0 aromatic carbocycles. The lowest BCUT2D eigenvalue weighted by Crippen LogP contribution is -2.28. The first kappa shape index (κ1) is 19.7. The number of nitrogens with zero attached hydrogens (tertiary/aromatic N) is 3. The first-order chi connectivity index (χ1) is 15.0. The van der Waals surface area contributed by atoms with E-state index in [2.05, 4.69) is 21.1 Å². The van der Waals surface area contributed by atoms with Crippen LogP contribution in [0.2, 0.25) is 0 Å². The third-order valence-electron chi connectivity index (χ3n) is 7.55. The quantitative estimate of drug-likeness (QED) is 0.772. The van der Waals surface area contributed by atoms with E-state index in [1.54, 1.807) is 0 Å². The third-order valence-corrected chi connectivity index (χ3v) is 7.55. The number of aromatic nitrogens is 2. The van der Waals surface area contributed by atoms with Crippen LogP contribution >= 0.6 is 0 Å². The Balaban J connectivity index is 1.45. The van der Waals surface area contributed by atoms with E-state index in [9.17, 15) is 13.2 Å². The second-order valence-electron chi connectivity index (χ2n) is 9.50. The minimum absolute atomic E-state index is 0.129. The van der Waals surface area contributed by atoms with Crippen LogP contribution in [0.5, 0.6) is 0 Å². The highest BCUT2D eigenvalue weighted by Crippen LogP contribution is 2.52. The van der Waals surface area contributed by atoms with Gasteiger partial charge < -0.3 is 10.1 Å². The van der Waals surface area contributed by atoms with Crippen molar-refractivity contribution in [2.45, 2.75) is 56.9 Å². The topological polar surface area (TPSA) is 51.4 Å². The van der Waals surface area contributed by atoms with Gasteiger partial charge in [-0.2, -0.15) is 18.3 Å². The Bertz CT molecular complexity index is 970. The number of dihydropyridines is 1. The Morgan fingerprint density at radius 2 is 1.97 bits per heavy atom. The molecule has 4 unspecified atom stereocenters. The smallest absolute Gasteiger partial charge is 0.381 e. The molecule has 0 bridgehead atoms. The summed E-state index contributed by atoms with van der Waals surface area (Å²) in [4.78, 5) is 4.40. The highest BCUT2D eigenvalue weighted by Gasteiger charge is 2.46. The van der Waals surface area contributed by atoms with Crippen LogP contribution in [-0.4, -0.2) is 48.0 Å². The molecule has 1 N–H and O–H groups in total. The van der Waals surface area contributed by atoms with Crippen LogP contribution in [0, 0.1) is 17.8 Å². The van der Waals surface area contributed by atoms with Crippen molar-refractivity contribution in [3.63, 3.8) is 0 Å². The van der Waals surface area contributed by atoms with Crippen LogP contribution in [0.4, 0.5) is 13.2 Å². The van der Waals surface area contributed by atoms with Crippen molar-refractivity contribution < 1.29 is 17.9 Å². The number of hydrogen-bond donors (Lipinski definition) is 1. The van der Waals surface area contributed by atoms with Crippen molar-refractivity contribution in [1.29, 1.82) is 0 Å². The van der Waals surface area contributed by atoms with Crippen molar-refractivity contribution in [2.24, 2.45) is 22.7 Å². The van der Waals surface area contributed by atoms with Crippen molar-refractivity contribution in [2.75, 3.05) is 19.8 Å². The van der Waals surface area contributed by atoms with Gasteiger partial charge in [-0.15, -0.1) is 0 Å². The maximum atomic E-state index is 13.5. The maximum absolute atomic E-state index is 13.5. The number of rotatable bonds is 2. The van der Waals surface area contributed by atoms with E-state index in [4.69, 9.17) is 9.84 Å². The molecule has 31 heavy (non-hydrogen) atoms. The summed E-state index contributed by atoms with van der Waals surface area (Å²) in [5.74, 6) is 0.618. The number of alkyl halides is 3. The molecule has 5 aliphatic rings. The maximum Gasteiger partial charge on any atom is 0.417 e. The van der Waals surface area contributed by atoms with Gasteiger partial charge >= 0.3 is 6.18 Å². The molecule has 2 fully saturated rings. The molecule has 3 aliphatic heterocycles. The molecule has 0 radical (unpaired) electrons. The molecular weight excluding hydrogens is 405 g/mol. The van der Waals surface area contributed by atoms with Gasteiger partial charge in [0, 0.05) is 56.1 Å². The number of fused-ring (bicyclic) bond motifs is 3. The zero-order valence-electron chi connectivity index (χ0n) is 17.4. The minimum Gasteiger partial charge on any atom is -0.381 e. The van der Waals surface area contributed by atoms with E-state index in [0.29, 0.717) is 17.9 Å². The van der Waals surface area contributed by atoms with Crippen molar-refractivity contribution >= 4 is 11.8 Å². The normalized spacial score (nSPS) is 33.0. The molecule has 0 spiro atoms. The molecule has 2 aliphatic carbocycles. The summed E-state index contributed by atoms with van der Waals surface area (Å²) >= 11 is 0. The summed E-state index contributed by atoms with van der Waals surface area (Å²) < 4.78 is 48.3. The number of aliphatic imine (C=N–C) groups is 1. The zero-order valence-corrected chi connectivity index (χ0v) is 17.4. The molecule has 1 saturated heterocycles. The van der Waals surface area contributed by atoms with Gasteiger partial charge in [0.15, 0.2) is 0 Å². The van der Waals surface area contributed by atoms with Gasteiger partial charge in [-0.1, -0.05) is 12.2 Å².